The van der Waals surface area contributed by atoms with E-state index in [2.05, 4.69) is 5.32 Å². The Morgan fingerprint density at radius 1 is 0.913 bits per heavy atom. The molecule has 1 aliphatic rings. The molecule has 3 aromatic carbocycles. The molecule has 7 nitrogen and oxygen atoms in total. The van der Waals surface area contributed by atoms with Crippen molar-refractivity contribution in [1.29, 1.82) is 0 Å². The summed E-state index contributed by atoms with van der Waals surface area (Å²) < 4.78 is 67.4. The number of benzene rings is 3. The average molecular weight is 719 g/mol. The zero-order chi connectivity index (χ0) is 33.6. The molecular weight excluding hydrogens is 686 g/mol. The fraction of sp³-hybridized carbons (Fsp3) is 0.375. The third kappa shape index (κ3) is 9.30. The van der Waals surface area contributed by atoms with Crippen LogP contribution in [0.2, 0.25) is 15.1 Å². The zero-order valence-corrected chi connectivity index (χ0v) is 28.0. The second-order valence-electron chi connectivity index (χ2n) is 11.2. The van der Waals surface area contributed by atoms with Gasteiger partial charge in [-0.15, -0.1) is 0 Å². The minimum Gasteiger partial charge on any atom is -0.352 e. The van der Waals surface area contributed by atoms with Gasteiger partial charge in [-0.1, -0.05) is 90.5 Å². The van der Waals surface area contributed by atoms with Crippen LogP contribution >= 0.6 is 34.8 Å². The first-order chi connectivity index (χ1) is 21.6. The van der Waals surface area contributed by atoms with Crippen LogP contribution in [0.1, 0.15) is 48.8 Å². The molecule has 248 valence electrons. The topological polar surface area (TPSA) is 86.8 Å². The number of sulfonamides is 1. The number of anilines is 1. The Kier molecular flexibility index (Phi) is 11.9. The molecule has 0 spiro atoms. The maximum absolute atomic E-state index is 14.3. The van der Waals surface area contributed by atoms with Crippen LogP contribution in [-0.2, 0) is 38.8 Å². The maximum Gasteiger partial charge on any atom is 0.416 e. The van der Waals surface area contributed by atoms with Crippen molar-refractivity contribution >= 4 is 62.3 Å². The lowest BCUT2D eigenvalue weighted by atomic mass is 9.94. The van der Waals surface area contributed by atoms with Crippen molar-refractivity contribution in [3.8, 4) is 0 Å². The van der Waals surface area contributed by atoms with E-state index in [9.17, 15) is 31.2 Å². The van der Waals surface area contributed by atoms with Crippen LogP contribution in [0.4, 0.5) is 18.9 Å². The third-order valence-electron chi connectivity index (χ3n) is 7.83. The smallest absolute Gasteiger partial charge is 0.352 e. The second kappa shape index (κ2) is 15.3. The van der Waals surface area contributed by atoms with Crippen LogP contribution in [0.25, 0.3) is 0 Å². The first-order valence-corrected chi connectivity index (χ1v) is 17.5. The Bertz CT molecular complexity index is 1630. The standard InChI is InChI=1S/C32H33Cl3F3N3O4S/c1-46(44,45)41(28-18-22(32(36,37)38)15-16-27(28)35)20-30(42)40(19-24-25(33)13-8-14-26(24)34)29(17-21-9-4-2-5-10-21)31(43)39-23-11-6-3-7-12-23/h2,4-5,8-10,13-16,18,23,29H,3,6-7,11-12,17,19-20H2,1H3,(H,39,43)/t29-/m1/s1. The summed E-state index contributed by atoms with van der Waals surface area (Å²) in [6.45, 7) is -1.25. The van der Waals surface area contributed by atoms with Crippen molar-refractivity contribution < 1.29 is 31.2 Å². The quantitative estimate of drug-likeness (QED) is 0.222. The molecule has 1 aliphatic carbocycles. The van der Waals surface area contributed by atoms with Gasteiger partial charge in [-0.3, -0.25) is 13.9 Å². The van der Waals surface area contributed by atoms with E-state index in [1.165, 1.54) is 4.90 Å². The molecule has 0 aliphatic heterocycles. The molecule has 0 unspecified atom stereocenters. The van der Waals surface area contributed by atoms with Gasteiger partial charge < -0.3 is 10.2 Å². The Labute approximate surface area is 281 Å². The Morgan fingerprint density at radius 2 is 1.54 bits per heavy atom. The molecule has 0 bridgehead atoms. The molecule has 1 atom stereocenters. The lowest BCUT2D eigenvalue weighted by Crippen LogP contribution is -2.55. The Hall–Kier alpha value is -2.99. The highest BCUT2D eigenvalue weighted by Crippen LogP contribution is 2.36. The van der Waals surface area contributed by atoms with Gasteiger partial charge in [0.1, 0.15) is 12.6 Å². The average Bonchev–Trinajstić information content (AvgIpc) is 2.99. The molecule has 4 rings (SSSR count). The van der Waals surface area contributed by atoms with Gasteiger partial charge in [0, 0.05) is 34.6 Å². The van der Waals surface area contributed by atoms with Gasteiger partial charge in [-0.05, 0) is 48.7 Å². The molecule has 14 heteroatoms. The van der Waals surface area contributed by atoms with Crippen LogP contribution in [0.15, 0.2) is 66.7 Å². The number of hydrogen-bond donors (Lipinski definition) is 1. The van der Waals surface area contributed by atoms with Gasteiger partial charge in [0.2, 0.25) is 21.8 Å². The number of alkyl halides is 3. The minimum atomic E-state index is -4.81. The normalized spacial score (nSPS) is 14.8. The molecule has 0 radical (unpaired) electrons. The number of halogens is 6. The highest BCUT2D eigenvalue weighted by molar-refractivity contribution is 7.92. The molecule has 0 heterocycles. The highest BCUT2D eigenvalue weighted by Gasteiger charge is 2.37. The summed E-state index contributed by atoms with van der Waals surface area (Å²) in [6.07, 6.45) is 0.459. The van der Waals surface area contributed by atoms with E-state index in [-0.39, 0.29) is 34.1 Å². The second-order valence-corrected chi connectivity index (χ2v) is 14.3. The van der Waals surface area contributed by atoms with E-state index in [0.29, 0.717) is 22.0 Å². The van der Waals surface area contributed by atoms with Crippen LogP contribution in [0.5, 0.6) is 0 Å². The van der Waals surface area contributed by atoms with Crippen LogP contribution in [0.3, 0.4) is 0 Å². The van der Waals surface area contributed by atoms with Gasteiger partial charge in [0.05, 0.1) is 22.5 Å². The van der Waals surface area contributed by atoms with Crippen LogP contribution in [0, 0.1) is 0 Å². The number of carbonyl (C=O) groups excluding carboxylic acids is 2. The van der Waals surface area contributed by atoms with Crippen molar-refractivity contribution in [3.05, 3.63) is 98.5 Å². The van der Waals surface area contributed by atoms with Gasteiger partial charge in [-0.25, -0.2) is 8.42 Å². The molecule has 0 aromatic heterocycles. The van der Waals surface area contributed by atoms with Crippen molar-refractivity contribution in [2.45, 2.75) is 63.3 Å². The lowest BCUT2D eigenvalue weighted by molar-refractivity contribution is -0.140. The van der Waals surface area contributed by atoms with Crippen molar-refractivity contribution in [2.24, 2.45) is 0 Å². The third-order valence-corrected chi connectivity index (χ3v) is 9.99. The van der Waals surface area contributed by atoms with Crippen molar-refractivity contribution in [2.75, 3.05) is 17.1 Å². The monoisotopic (exact) mass is 717 g/mol. The van der Waals surface area contributed by atoms with E-state index in [1.54, 1.807) is 48.5 Å². The van der Waals surface area contributed by atoms with Gasteiger partial charge in [0.15, 0.2) is 0 Å². The van der Waals surface area contributed by atoms with Gasteiger partial charge >= 0.3 is 6.18 Å². The molecule has 1 saturated carbocycles. The number of amides is 2. The molecule has 46 heavy (non-hydrogen) atoms. The lowest BCUT2D eigenvalue weighted by Gasteiger charge is -2.35. The number of hydrogen-bond acceptors (Lipinski definition) is 4. The fourth-order valence-electron chi connectivity index (χ4n) is 5.43. The minimum absolute atomic E-state index is 0.0520. The van der Waals surface area contributed by atoms with Crippen molar-refractivity contribution in [3.63, 3.8) is 0 Å². The van der Waals surface area contributed by atoms with E-state index < -0.39 is 51.9 Å². The van der Waals surface area contributed by atoms with Crippen LogP contribution in [-0.4, -0.2) is 50.0 Å². The Balaban J connectivity index is 1.80. The predicted octanol–water partition coefficient (Wildman–Crippen LogP) is 7.52. The molecule has 1 fully saturated rings. The molecule has 2 amide bonds. The van der Waals surface area contributed by atoms with E-state index in [4.69, 9.17) is 34.8 Å². The van der Waals surface area contributed by atoms with E-state index in [1.807, 2.05) is 0 Å². The molecular formula is C32H33Cl3F3N3O4S. The summed E-state index contributed by atoms with van der Waals surface area (Å²) in [5, 5.41) is 3.16. The zero-order valence-electron chi connectivity index (χ0n) is 24.9. The first-order valence-electron chi connectivity index (χ1n) is 14.6. The maximum atomic E-state index is 14.3. The fourth-order valence-corrected chi connectivity index (χ4v) is 7.07. The summed E-state index contributed by atoms with van der Waals surface area (Å²) in [7, 11) is -4.37. The van der Waals surface area contributed by atoms with E-state index in [0.717, 1.165) is 50.0 Å². The van der Waals surface area contributed by atoms with Gasteiger partial charge in [0.25, 0.3) is 0 Å². The summed E-state index contributed by atoms with van der Waals surface area (Å²) in [5.41, 5.74) is -0.656. The summed E-state index contributed by atoms with van der Waals surface area (Å²) in [4.78, 5) is 29.5. The number of rotatable bonds is 11. The number of carbonyl (C=O) groups is 2. The predicted molar refractivity (Wildman–Crippen MR) is 175 cm³/mol. The van der Waals surface area contributed by atoms with E-state index >= 15 is 0 Å². The molecule has 3 aromatic rings. The molecule has 0 saturated heterocycles. The largest absolute Gasteiger partial charge is 0.416 e. The van der Waals surface area contributed by atoms with Crippen molar-refractivity contribution in [1.82, 2.24) is 10.2 Å². The summed E-state index contributed by atoms with van der Waals surface area (Å²) in [5.74, 6) is -1.34. The Morgan fingerprint density at radius 3 is 2.13 bits per heavy atom. The number of nitrogens with zero attached hydrogens (tertiary/aromatic N) is 2. The SMILES string of the molecule is CS(=O)(=O)N(CC(=O)N(Cc1c(Cl)cccc1Cl)[C@H](Cc1ccccc1)C(=O)NC1CCCCC1)c1cc(C(F)(F)F)ccc1Cl. The summed E-state index contributed by atoms with van der Waals surface area (Å²) in [6, 6.07) is 14.6. The molecule has 1 N–H and O–H groups in total. The van der Waals surface area contributed by atoms with Gasteiger partial charge in [-0.2, -0.15) is 13.2 Å². The highest BCUT2D eigenvalue weighted by atomic mass is 35.5. The summed E-state index contributed by atoms with van der Waals surface area (Å²) >= 11 is 19.2. The van der Waals surface area contributed by atoms with Crippen LogP contribution < -0.4 is 9.62 Å². The number of nitrogens with one attached hydrogen (secondary N) is 1. The first kappa shape index (κ1) is 35.9.